The summed E-state index contributed by atoms with van der Waals surface area (Å²) in [6.07, 6.45) is 2.06. The van der Waals surface area contributed by atoms with Crippen molar-refractivity contribution in [2.45, 2.75) is 25.8 Å². The molecule has 5 heteroatoms. The molecule has 17 heavy (non-hydrogen) atoms. The molecule has 3 N–H and O–H groups in total. The van der Waals surface area contributed by atoms with Crippen molar-refractivity contribution < 1.29 is 14.7 Å². The second kappa shape index (κ2) is 4.45. The summed E-state index contributed by atoms with van der Waals surface area (Å²) in [7, 11) is 0. The van der Waals surface area contributed by atoms with E-state index < -0.39 is 5.97 Å². The van der Waals surface area contributed by atoms with Crippen molar-refractivity contribution in [2.24, 2.45) is 0 Å². The molecule has 0 aliphatic heterocycles. The Labute approximate surface area is 98.8 Å². The fraction of sp³-hybridized carbons (Fsp3) is 0.333. The first-order valence-electron chi connectivity index (χ1n) is 5.48. The summed E-state index contributed by atoms with van der Waals surface area (Å²) >= 11 is 0. The standard InChI is InChI=1S/C12H14N2O3/c1-7-6-8(11(15)16)2-5-10(7)14-12(17)13-9-3-4-9/h2,5-6,9H,3-4H2,1H3,(H,15,16)(H2,13,14,17). The van der Waals surface area contributed by atoms with E-state index in [1.54, 1.807) is 13.0 Å². The molecule has 0 unspecified atom stereocenters. The van der Waals surface area contributed by atoms with Crippen molar-refractivity contribution in [3.05, 3.63) is 29.3 Å². The highest BCUT2D eigenvalue weighted by Crippen LogP contribution is 2.20. The van der Waals surface area contributed by atoms with Crippen LogP contribution in [0, 0.1) is 6.92 Å². The van der Waals surface area contributed by atoms with Crippen molar-refractivity contribution in [3.8, 4) is 0 Å². The van der Waals surface area contributed by atoms with Crippen LogP contribution in [0.5, 0.6) is 0 Å². The molecular weight excluding hydrogens is 220 g/mol. The summed E-state index contributed by atoms with van der Waals surface area (Å²) in [5, 5.41) is 14.3. The van der Waals surface area contributed by atoms with E-state index in [0.29, 0.717) is 11.7 Å². The van der Waals surface area contributed by atoms with Gasteiger partial charge in [0.25, 0.3) is 0 Å². The average molecular weight is 234 g/mol. The van der Waals surface area contributed by atoms with Crippen molar-refractivity contribution in [1.82, 2.24) is 5.32 Å². The van der Waals surface area contributed by atoms with Gasteiger partial charge in [0.05, 0.1) is 5.56 Å². The van der Waals surface area contributed by atoms with Crippen molar-refractivity contribution in [3.63, 3.8) is 0 Å². The van der Waals surface area contributed by atoms with Gasteiger partial charge in [-0.15, -0.1) is 0 Å². The molecule has 1 aliphatic rings. The molecule has 1 saturated carbocycles. The van der Waals surface area contributed by atoms with Crippen molar-refractivity contribution >= 4 is 17.7 Å². The Morgan fingerprint density at radius 3 is 2.59 bits per heavy atom. The predicted molar refractivity (Wildman–Crippen MR) is 63.3 cm³/mol. The molecular formula is C12H14N2O3. The van der Waals surface area contributed by atoms with Gasteiger partial charge in [0, 0.05) is 11.7 Å². The van der Waals surface area contributed by atoms with Gasteiger partial charge in [-0.3, -0.25) is 0 Å². The lowest BCUT2D eigenvalue weighted by Crippen LogP contribution is -2.30. The summed E-state index contributed by atoms with van der Waals surface area (Å²) < 4.78 is 0. The second-order valence-electron chi connectivity index (χ2n) is 4.21. The quantitative estimate of drug-likeness (QED) is 0.748. The van der Waals surface area contributed by atoms with Crippen LogP contribution < -0.4 is 10.6 Å². The van der Waals surface area contributed by atoms with E-state index in [-0.39, 0.29) is 11.6 Å². The lowest BCUT2D eigenvalue weighted by Gasteiger charge is -2.09. The van der Waals surface area contributed by atoms with E-state index in [9.17, 15) is 9.59 Å². The lowest BCUT2D eigenvalue weighted by atomic mass is 10.1. The number of amides is 2. The van der Waals surface area contributed by atoms with Crippen LogP contribution in [0.4, 0.5) is 10.5 Å². The van der Waals surface area contributed by atoms with Gasteiger partial charge >= 0.3 is 12.0 Å². The minimum Gasteiger partial charge on any atom is -0.478 e. The fourth-order valence-corrected chi connectivity index (χ4v) is 1.51. The summed E-state index contributed by atoms with van der Waals surface area (Å²) in [4.78, 5) is 22.2. The maximum Gasteiger partial charge on any atom is 0.335 e. The number of carboxylic acids is 1. The van der Waals surface area contributed by atoms with Crippen LogP contribution in [0.1, 0.15) is 28.8 Å². The molecule has 2 rings (SSSR count). The van der Waals surface area contributed by atoms with Crippen LogP contribution in [0.25, 0.3) is 0 Å². The molecule has 0 radical (unpaired) electrons. The highest BCUT2D eigenvalue weighted by molar-refractivity contribution is 5.92. The number of anilines is 1. The minimum absolute atomic E-state index is 0.218. The Balaban J connectivity index is 2.04. The van der Waals surface area contributed by atoms with Crippen molar-refractivity contribution in [1.29, 1.82) is 0 Å². The summed E-state index contributed by atoms with van der Waals surface area (Å²) in [5.41, 5.74) is 1.58. The van der Waals surface area contributed by atoms with Gasteiger partial charge in [-0.25, -0.2) is 9.59 Å². The molecule has 0 bridgehead atoms. The summed E-state index contributed by atoms with van der Waals surface area (Å²) in [6, 6.07) is 4.68. The normalized spacial score (nSPS) is 14.2. The smallest absolute Gasteiger partial charge is 0.335 e. The Kier molecular flexibility index (Phi) is 2.99. The highest BCUT2D eigenvalue weighted by Gasteiger charge is 2.23. The number of nitrogens with one attached hydrogen (secondary N) is 2. The van der Waals surface area contributed by atoms with Crippen molar-refractivity contribution in [2.75, 3.05) is 5.32 Å². The third-order valence-corrected chi connectivity index (χ3v) is 2.63. The first-order valence-corrected chi connectivity index (χ1v) is 5.48. The Bertz CT molecular complexity index is 467. The number of carbonyl (C=O) groups is 2. The van der Waals surface area contributed by atoms with E-state index in [2.05, 4.69) is 10.6 Å². The molecule has 0 saturated heterocycles. The molecule has 0 spiro atoms. The van der Waals surface area contributed by atoms with E-state index in [4.69, 9.17) is 5.11 Å². The Morgan fingerprint density at radius 1 is 1.35 bits per heavy atom. The molecule has 90 valence electrons. The Hall–Kier alpha value is -2.04. The van der Waals surface area contributed by atoms with Gasteiger partial charge in [0.1, 0.15) is 0 Å². The van der Waals surface area contributed by atoms with Crippen LogP contribution in [0.3, 0.4) is 0 Å². The number of aromatic carboxylic acids is 1. The molecule has 1 fully saturated rings. The van der Waals surface area contributed by atoms with Gasteiger partial charge < -0.3 is 15.7 Å². The van der Waals surface area contributed by atoms with E-state index in [0.717, 1.165) is 18.4 Å². The van der Waals surface area contributed by atoms with Gasteiger partial charge in [-0.1, -0.05) is 0 Å². The largest absolute Gasteiger partial charge is 0.478 e. The number of aryl methyl sites for hydroxylation is 1. The Morgan fingerprint density at radius 2 is 2.06 bits per heavy atom. The van der Waals surface area contributed by atoms with E-state index in [1.807, 2.05) is 0 Å². The maximum absolute atomic E-state index is 11.5. The zero-order valence-electron chi connectivity index (χ0n) is 9.49. The van der Waals surface area contributed by atoms with Gasteiger partial charge in [-0.05, 0) is 43.5 Å². The first kappa shape index (κ1) is 11.4. The minimum atomic E-state index is -0.970. The zero-order chi connectivity index (χ0) is 12.4. The molecule has 0 aromatic heterocycles. The van der Waals surface area contributed by atoms with E-state index in [1.165, 1.54) is 12.1 Å². The molecule has 5 nitrogen and oxygen atoms in total. The second-order valence-corrected chi connectivity index (χ2v) is 4.21. The van der Waals surface area contributed by atoms with Crippen LogP contribution in [0.15, 0.2) is 18.2 Å². The number of benzene rings is 1. The number of carboxylic acid groups (broad SMARTS) is 1. The third kappa shape index (κ3) is 2.96. The number of hydrogen-bond acceptors (Lipinski definition) is 2. The third-order valence-electron chi connectivity index (χ3n) is 2.63. The van der Waals surface area contributed by atoms with E-state index >= 15 is 0 Å². The fourth-order valence-electron chi connectivity index (χ4n) is 1.51. The average Bonchev–Trinajstić information content (AvgIpc) is 3.04. The first-order chi connectivity index (χ1) is 8.06. The maximum atomic E-state index is 11.5. The molecule has 1 aromatic carbocycles. The van der Waals surface area contributed by atoms with Gasteiger partial charge in [0.15, 0.2) is 0 Å². The van der Waals surface area contributed by atoms with Gasteiger partial charge in [0.2, 0.25) is 0 Å². The molecule has 1 aromatic rings. The molecule has 0 atom stereocenters. The molecule has 2 amide bonds. The molecule has 0 heterocycles. The van der Waals surface area contributed by atoms with Crippen LogP contribution >= 0.6 is 0 Å². The van der Waals surface area contributed by atoms with Crippen LogP contribution in [0.2, 0.25) is 0 Å². The topological polar surface area (TPSA) is 78.4 Å². The zero-order valence-corrected chi connectivity index (χ0v) is 9.49. The number of urea groups is 1. The molecule has 1 aliphatic carbocycles. The summed E-state index contributed by atoms with van der Waals surface area (Å²) in [5.74, 6) is -0.970. The van der Waals surface area contributed by atoms with Crippen LogP contribution in [-0.4, -0.2) is 23.1 Å². The lowest BCUT2D eigenvalue weighted by molar-refractivity contribution is 0.0697. The number of rotatable bonds is 3. The van der Waals surface area contributed by atoms with Gasteiger partial charge in [-0.2, -0.15) is 0 Å². The monoisotopic (exact) mass is 234 g/mol. The summed E-state index contributed by atoms with van der Waals surface area (Å²) in [6.45, 7) is 1.76. The highest BCUT2D eigenvalue weighted by atomic mass is 16.4. The SMILES string of the molecule is Cc1cc(C(=O)O)ccc1NC(=O)NC1CC1. The number of carbonyl (C=O) groups excluding carboxylic acids is 1. The number of hydrogen-bond donors (Lipinski definition) is 3. The van der Waals surface area contributed by atoms with Crippen LogP contribution in [-0.2, 0) is 0 Å². The predicted octanol–water partition coefficient (Wildman–Crippen LogP) is 1.98.